The predicted molar refractivity (Wildman–Crippen MR) is 121 cm³/mol. The van der Waals surface area contributed by atoms with Crippen molar-refractivity contribution in [2.75, 3.05) is 27.2 Å². The molecule has 2 bridgehead atoms. The number of phenolic OH excluding ortho intramolecular Hbond substituents is 1. The highest BCUT2D eigenvalue weighted by Crippen LogP contribution is 2.66. The molecule has 1 saturated carbocycles. The smallest absolute Gasteiger partial charge is 0.303 e. The summed E-state index contributed by atoms with van der Waals surface area (Å²) in [6.07, 6.45) is 4.29. The molecule has 2 aliphatic heterocycles. The predicted octanol–water partition coefficient (Wildman–Crippen LogP) is 2.50. The van der Waals surface area contributed by atoms with Gasteiger partial charge in [-0.2, -0.15) is 0 Å². The lowest BCUT2D eigenvalue weighted by molar-refractivity contribution is -0.203. The van der Waals surface area contributed by atoms with Gasteiger partial charge in [-0.15, -0.1) is 24.8 Å². The van der Waals surface area contributed by atoms with Crippen LogP contribution < -0.4 is 10.1 Å². The van der Waals surface area contributed by atoms with E-state index in [0.29, 0.717) is 18.7 Å². The van der Waals surface area contributed by atoms with Crippen LogP contribution >= 0.6 is 24.8 Å². The summed E-state index contributed by atoms with van der Waals surface area (Å²) in [5, 5.41) is 23.1. The van der Waals surface area contributed by atoms with Crippen LogP contribution in [0.4, 0.5) is 0 Å². The first kappa shape index (κ1) is 24.4. The Labute approximate surface area is 195 Å². The third kappa shape index (κ3) is 3.16. The number of hydrogen-bond acceptors (Lipinski definition) is 6. The molecule has 2 unspecified atom stereocenters. The van der Waals surface area contributed by atoms with E-state index in [0.717, 1.165) is 37.8 Å². The van der Waals surface area contributed by atoms with Crippen molar-refractivity contribution in [1.29, 1.82) is 0 Å². The molecule has 2 fully saturated rings. The maximum atomic E-state index is 10.9. The molecule has 5 rings (SSSR count). The number of benzene rings is 1. The SMILES string of the molecule is CO[C@@]12CCC(NCCCC(=O)O)C3Oc4c(O)ccc5c4[C@@]31CCN(C)[C@@H]2C5.Cl.Cl. The molecule has 0 aromatic heterocycles. The first-order valence-electron chi connectivity index (χ1n) is 10.7. The lowest BCUT2D eigenvalue weighted by Crippen LogP contribution is -2.78. The summed E-state index contributed by atoms with van der Waals surface area (Å²) in [5.41, 5.74) is 1.79. The van der Waals surface area contributed by atoms with Gasteiger partial charge in [0.05, 0.1) is 11.0 Å². The Hall–Kier alpha value is -1.25. The normalized spacial score (nSPS) is 34.7. The molecular formula is C22H32Cl2N2O5. The molecule has 4 aliphatic rings. The number of carbonyl (C=O) groups is 1. The topological polar surface area (TPSA) is 91.3 Å². The zero-order valence-electron chi connectivity index (χ0n) is 17.9. The van der Waals surface area contributed by atoms with Gasteiger partial charge in [0.25, 0.3) is 0 Å². The van der Waals surface area contributed by atoms with Crippen LogP contribution in [-0.2, 0) is 21.4 Å². The first-order valence-corrected chi connectivity index (χ1v) is 10.7. The van der Waals surface area contributed by atoms with Gasteiger partial charge in [-0.05, 0) is 63.9 Å². The number of hydrogen-bond donors (Lipinski definition) is 3. The van der Waals surface area contributed by atoms with E-state index < -0.39 is 5.97 Å². The molecule has 31 heavy (non-hydrogen) atoms. The minimum Gasteiger partial charge on any atom is -0.504 e. The number of likely N-dealkylation sites (N-methyl/N-ethyl adjacent to an activating group) is 1. The molecule has 5 atom stereocenters. The molecule has 1 aromatic carbocycles. The van der Waals surface area contributed by atoms with E-state index in [1.807, 2.05) is 7.11 Å². The molecule has 0 amide bonds. The van der Waals surface area contributed by atoms with E-state index in [4.69, 9.17) is 14.6 Å². The number of aromatic hydroxyl groups is 1. The monoisotopic (exact) mass is 474 g/mol. The summed E-state index contributed by atoms with van der Waals surface area (Å²) in [5.74, 6) is 0.0765. The van der Waals surface area contributed by atoms with Gasteiger partial charge in [0.1, 0.15) is 6.10 Å². The van der Waals surface area contributed by atoms with E-state index in [2.05, 4.69) is 23.3 Å². The minimum absolute atomic E-state index is 0. The Morgan fingerprint density at radius 3 is 2.84 bits per heavy atom. The fourth-order valence-corrected chi connectivity index (χ4v) is 6.88. The maximum Gasteiger partial charge on any atom is 0.303 e. The Morgan fingerprint density at radius 2 is 2.13 bits per heavy atom. The van der Waals surface area contributed by atoms with Gasteiger partial charge >= 0.3 is 5.97 Å². The van der Waals surface area contributed by atoms with Crippen LogP contribution in [0.25, 0.3) is 0 Å². The number of aliphatic carboxylic acids is 1. The first-order chi connectivity index (χ1) is 13.9. The second-order valence-corrected chi connectivity index (χ2v) is 9.10. The molecule has 2 aliphatic carbocycles. The van der Waals surface area contributed by atoms with Crippen molar-refractivity contribution in [3.05, 3.63) is 23.3 Å². The largest absolute Gasteiger partial charge is 0.504 e. The number of halogens is 2. The van der Waals surface area contributed by atoms with Crippen molar-refractivity contribution >= 4 is 30.8 Å². The highest BCUT2D eigenvalue weighted by atomic mass is 35.5. The van der Waals surface area contributed by atoms with Gasteiger partial charge in [0.15, 0.2) is 11.5 Å². The van der Waals surface area contributed by atoms with Gasteiger partial charge < -0.3 is 29.9 Å². The fraction of sp³-hybridized carbons (Fsp3) is 0.682. The van der Waals surface area contributed by atoms with Crippen LogP contribution in [-0.4, -0.2) is 72.1 Å². The zero-order chi connectivity index (χ0) is 20.4. The Balaban J connectivity index is 0.00000136. The highest BCUT2D eigenvalue weighted by Gasteiger charge is 2.73. The fourth-order valence-electron chi connectivity index (χ4n) is 6.88. The Bertz CT molecular complexity index is 855. The summed E-state index contributed by atoms with van der Waals surface area (Å²) in [6.45, 7) is 1.61. The minimum atomic E-state index is -0.767. The van der Waals surface area contributed by atoms with Crippen LogP contribution in [0, 0.1) is 0 Å². The number of likely N-dealkylation sites (tertiary alicyclic amines) is 1. The van der Waals surface area contributed by atoms with Crippen LogP contribution in [0.5, 0.6) is 11.5 Å². The van der Waals surface area contributed by atoms with Crippen molar-refractivity contribution in [3.8, 4) is 11.5 Å². The van der Waals surface area contributed by atoms with Crippen molar-refractivity contribution in [1.82, 2.24) is 10.2 Å². The molecule has 1 aromatic rings. The van der Waals surface area contributed by atoms with Gasteiger partial charge in [-0.25, -0.2) is 0 Å². The molecular weight excluding hydrogens is 443 g/mol. The van der Waals surface area contributed by atoms with E-state index >= 15 is 0 Å². The van der Waals surface area contributed by atoms with Crippen molar-refractivity contribution in [2.45, 2.75) is 67.7 Å². The maximum absolute atomic E-state index is 10.9. The van der Waals surface area contributed by atoms with Crippen molar-refractivity contribution in [3.63, 3.8) is 0 Å². The average molecular weight is 475 g/mol. The number of piperidine rings is 1. The molecule has 1 saturated heterocycles. The number of ether oxygens (including phenoxy) is 2. The molecule has 9 heteroatoms. The van der Waals surface area contributed by atoms with E-state index in [9.17, 15) is 9.90 Å². The van der Waals surface area contributed by atoms with Crippen LogP contribution in [0.15, 0.2) is 12.1 Å². The average Bonchev–Trinajstić information content (AvgIpc) is 3.06. The summed E-state index contributed by atoms with van der Waals surface area (Å²) in [7, 11) is 4.02. The second-order valence-electron chi connectivity index (χ2n) is 9.10. The van der Waals surface area contributed by atoms with Crippen molar-refractivity contribution < 1.29 is 24.5 Å². The van der Waals surface area contributed by atoms with Gasteiger partial charge in [0, 0.05) is 31.2 Å². The second kappa shape index (κ2) is 8.60. The van der Waals surface area contributed by atoms with E-state index in [-0.39, 0.29) is 66.2 Å². The standard InChI is InChI=1S/C22H30N2O5.2ClH/c1-24-11-9-21-18-13-5-6-15(25)19(18)29-20(21)14(23-10-3-4-17(26)27)7-8-22(21,28-2)16(24)12-13;;/h5-6,14,16,20,23,25H,3-4,7-12H2,1-2H3,(H,26,27);2*1H/t14?,16-,20?,21+,22-;;/m1../s1. The Kier molecular flexibility index (Phi) is 6.76. The zero-order valence-corrected chi connectivity index (χ0v) is 19.6. The molecule has 0 radical (unpaired) electrons. The van der Waals surface area contributed by atoms with Gasteiger partial charge in [-0.3, -0.25) is 4.79 Å². The lowest BCUT2D eigenvalue weighted by atomic mass is 9.48. The molecule has 1 spiro atoms. The summed E-state index contributed by atoms with van der Waals surface area (Å²) >= 11 is 0. The number of rotatable bonds is 6. The highest BCUT2D eigenvalue weighted by molar-refractivity contribution is 5.85. The number of nitrogens with zero attached hydrogens (tertiary/aromatic N) is 1. The number of methoxy groups -OCH3 is 1. The van der Waals surface area contributed by atoms with Gasteiger partial charge in [-0.1, -0.05) is 6.07 Å². The van der Waals surface area contributed by atoms with E-state index in [1.54, 1.807) is 6.07 Å². The summed E-state index contributed by atoms with van der Waals surface area (Å²) in [4.78, 5) is 13.3. The number of carboxylic acids is 1. The molecule has 3 N–H and O–H groups in total. The third-order valence-corrected chi connectivity index (χ3v) is 8.03. The number of phenols is 1. The van der Waals surface area contributed by atoms with Crippen LogP contribution in [0.1, 0.15) is 43.2 Å². The summed E-state index contributed by atoms with van der Waals surface area (Å²) in [6, 6.07) is 4.20. The quantitative estimate of drug-likeness (QED) is 0.545. The van der Waals surface area contributed by atoms with Crippen LogP contribution in [0.2, 0.25) is 0 Å². The Morgan fingerprint density at radius 1 is 1.35 bits per heavy atom. The van der Waals surface area contributed by atoms with Crippen LogP contribution in [0.3, 0.4) is 0 Å². The van der Waals surface area contributed by atoms with E-state index in [1.165, 1.54) is 5.56 Å². The molecule has 174 valence electrons. The number of carboxylic acid groups (broad SMARTS) is 1. The molecule has 7 nitrogen and oxygen atoms in total. The van der Waals surface area contributed by atoms with Crippen molar-refractivity contribution in [2.24, 2.45) is 0 Å². The lowest BCUT2D eigenvalue weighted by Gasteiger charge is -2.65. The van der Waals surface area contributed by atoms with Gasteiger partial charge in [0.2, 0.25) is 0 Å². The number of nitrogens with one attached hydrogen (secondary N) is 1. The summed E-state index contributed by atoms with van der Waals surface area (Å²) < 4.78 is 12.9. The third-order valence-electron chi connectivity index (χ3n) is 8.03. The molecule has 2 heterocycles.